The van der Waals surface area contributed by atoms with Gasteiger partial charge in [-0.05, 0) is 121 Å². The van der Waals surface area contributed by atoms with E-state index in [1.165, 1.54) is 38.5 Å². The van der Waals surface area contributed by atoms with Gasteiger partial charge >= 0.3 is 11.9 Å². The second kappa shape index (κ2) is 27.6. The lowest BCUT2D eigenvalue weighted by molar-refractivity contribution is -0.135. The molecule has 1 aliphatic rings. The van der Waals surface area contributed by atoms with Gasteiger partial charge in [0.2, 0.25) is 11.8 Å². The molecule has 0 saturated heterocycles. The lowest BCUT2D eigenvalue weighted by atomic mass is 9.52. The average Bonchev–Trinajstić information content (AvgIpc) is 3.39. The van der Waals surface area contributed by atoms with Crippen molar-refractivity contribution in [2.24, 2.45) is 11.8 Å². The van der Waals surface area contributed by atoms with E-state index in [-0.39, 0.29) is 23.8 Å². The third kappa shape index (κ3) is 15.7. The standard InChI is InChI=1S/C64H66N2O6/c1-3-5-7-9-11-19-25-57(67)71-55-43-35-51(36-44-55)59-61(63(69)65-53-39-31-49(32-40-53)29-27-47-21-15-13-16-22-47)60(52-37-45-56(46-38-52)72-58(68)26-20-12-10-8-6-4-2)62(59)64(70)66-54-41-33-50(34-42-54)30-28-48-23-17-14-18-24-48/h13-18,21-24,31-46,59-62H,3-12,19-20,25-26H2,1-2H3,(H,65,69)(H,66,70). The fraction of sp³-hybridized carbons (Fsp3) is 0.312. The minimum Gasteiger partial charge on any atom is -0.427 e. The van der Waals surface area contributed by atoms with Crippen molar-refractivity contribution in [1.29, 1.82) is 0 Å². The van der Waals surface area contributed by atoms with Gasteiger partial charge in [0.1, 0.15) is 11.5 Å². The highest BCUT2D eigenvalue weighted by atomic mass is 16.5. The van der Waals surface area contributed by atoms with Gasteiger partial charge in [-0.15, -0.1) is 0 Å². The van der Waals surface area contributed by atoms with Crippen molar-refractivity contribution in [3.63, 3.8) is 0 Å². The molecule has 2 N–H and O–H groups in total. The van der Waals surface area contributed by atoms with E-state index in [0.717, 1.165) is 71.9 Å². The maximum absolute atomic E-state index is 14.9. The van der Waals surface area contributed by atoms with E-state index in [2.05, 4.69) is 48.2 Å². The Morgan fingerprint density at radius 2 is 0.708 bits per heavy atom. The zero-order valence-corrected chi connectivity index (χ0v) is 41.7. The predicted octanol–water partition coefficient (Wildman–Crippen LogP) is 14.2. The number of benzene rings is 6. The number of unbranched alkanes of at least 4 members (excludes halogenated alkanes) is 10. The Hall–Kier alpha value is -7.68. The normalized spacial score (nSPS) is 15.6. The molecule has 0 radical (unpaired) electrons. The number of esters is 2. The van der Waals surface area contributed by atoms with Crippen LogP contribution in [0.1, 0.15) is 149 Å². The van der Waals surface area contributed by atoms with Crippen molar-refractivity contribution in [2.45, 2.75) is 116 Å². The van der Waals surface area contributed by atoms with Crippen molar-refractivity contribution in [2.75, 3.05) is 10.6 Å². The first kappa shape index (κ1) is 52.2. The molecule has 1 aliphatic carbocycles. The van der Waals surface area contributed by atoms with Crippen LogP contribution in [0.15, 0.2) is 158 Å². The summed E-state index contributed by atoms with van der Waals surface area (Å²) in [5.74, 6) is 9.86. The number of anilines is 2. The zero-order valence-electron chi connectivity index (χ0n) is 41.7. The molecule has 0 atom stereocenters. The fourth-order valence-electron chi connectivity index (χ4n) is 9.27. The molecule has 6 aromatic carbocycles. The molecule has 72 heavy (non-hydrogen) atoms. The maximum Gasteiger partial charge on any atom is 0.311 e. The average molecular weight is 959 g/mol. The van der Waals surface area contributed by atoms with Crippen molar-refractivity contribution in [3.05, 3.63) is 191 Å². The highest BCUT2D eigenvalue weighted by molar-refractivity contribution is 6.01. The Bertz CT molecular complexity index is 2600. The van der Waals surface area contributed by atoms with Crippen molar-refractivity contribution >= 4 is 35.1 Å². The molecule has 1 fully saturated rings. The molecule has 0 unspecified atom stereocenters. The predicted molar refractivity (Wildman–Crippen MR) is 288 cm³/mol. The van der Waals surface area contributed by atoms with Crippen LogP contribution in [0, 0.1) is 35.5 Å². The number of ether oxygens (including phenoxy) is 2. The monoisotopic (exact) mass is 958 g/mol. The van der Waals surface area contributed by atoms with Crippen molar-refractivity contribution in [3.8, 4) is 35.2 Å². The summed E-state index contributed by atoms with van der Waals surface area (Å²) in [6, 6.07) is 48.6. The van der Waals surface area contributed by atoms with Crippen LogP contribution in [0.25, 0.3) is 0 Å². The highest BCUT2D eigenvalue weighted by Crippen LogP contribution is 2.58. The van der Waals surface area contributed by atoms with Gasteiger partial charge in [0, 0.05) is 58.3 Å². The minimum atomic E-state index is -0.712. The van der Waals surface area contributed by atoms with Crippen LogP contribution >= 0.6 is 0 Å². The number of rotatable bonds is 22. The number of carbonyl (C=O) groups is 4. The Morgan fingerprint density at radius 3 is 1.06 bits per heavy atom. The summed E-state index contributed by atoms with van der Waals surface area (Å²) in [5, 5.41) is 6.32. The van der Waals surface area contributed by atoms with Gasteiger partial charge in [-0.25, -0.2) is 0 Å². The molecule has 1 saturated carbocycles. The largest absolute Gasteiger partial charge is 0.427 e. The van der Waals surface area contributed by atoms with Gasteiger partial charge < -0.3 is 20.1 Å². The van der Waals surface area contributed by atoms with Crippen molar-refractivity contribution in [1.82, 2.24) is 0 Å². The first-order chi connectivity index (χ1) is 35.3. The van der Waals surface area contributed by atoms with Gasteiger partial charge in [0.25, 0.3) is 0 Å². The Labute approximate surface area is 426 Å². The summed E-state index contributed by atoms with van der Waals surface area (Å²) in [6.07, 6.45) is 13.4. The quantitative estimate of drug-likeness (QED) is 0.0303. The molecule has 6 aromatic rings. The molecular formula is C64H66N2O6. The number of hydrogen-bond acceptors (Lipinski definition) is 6. The molecule has 0 aromatic heterocycles. The van der Waals surface area contributed by atoms with Crippen LogP contribution in [-0.2, 0) is 19.2 Å². The SMILES string of the molecule is CCCCCCCCC(=O)Oc1ccc(C2C(C(=O)Nc3ccc(C#Cc4ccccc4)cc3)C(c3ccc(OC(=O)CCCCCCCC)cc3)C2C(=O)Nc2ccc(C#Cc3ccccc3)cc2)cc1. The molecule has 7 rings (SSSR count). The second-order valence-corrected chi connectivity index (χ2v) is 18.6. The smallest absolute Gasteiger partial charge is 0.311 e. The molecule has 0 spiro atoms. The molecule has 368 valence electrons. The number of carbonyl (C=O) groups excluding carboxylic acids is 4. The van der Waals surface area contributed by atoms with E-state index in [1.807, 2.05) is 133 Å². The van der Waals surface area contributed by atoms with Gasteiger partial charge in [0.15, 0.2) is 0 Å². The second-order valence-electron chi connectivity index (χ2n) is 18.6. The van der Waals surface area contributed by atoms with E-state index < -0.39 is 23.7 Å². The van der Waals surface area contributed by atoms with E-state index >= 15 is 0 Å². The molecule has 0 heterocycles. The van der Waals surface area contributed by atoms with E-state index in [4.69, 9.17) is 9.47 Å². The maximum atomic E-state index is 14.9. The van der Waals surface area contributed by atoms with Gasteiger partial charge in [0.05, 0.1) is 11.8 Å². The Balaban J connectivity index is 1.15. The van der Waals surface area contributed by atoms with Gasteiger partial charge in [-0.1, -0.05) is 162 Å². The summed E-state index contributed by atoms with van der Waals surface area (Å²) < 4.78 is 11.5. The minimum absolute atomic E-state index is 0.262. The van der Waals surface area contributed by atoms with Crippen LogP contribution < -0.4 is 20.1 Å². The molecule has 2 amide bonds. The zero-order chi connectivity index (χ0) is 50.3. The summed E-state index contributed by atoms with van der Waals surface area (Å²) in [5.41, 5.74) is 6.08. The van der Waals surface area contributed by atoms with E-state index in [1.54, 1.807) is 24.3 Å². The topological polar surface area (TPSA) is 111 Å². The van der Waals surface area contributed by atoms with Crippen LogP contribution in [0.5, 0.6) is 11.5 Å². The molecule has 0 aliphatic heterocycles. The lowest BCUT2D eigenvalue weighted by Gasteiger charge is -2.50. The first-order valence-electron chi connectivity index (χ1n) is 25.8. The van der Waals surface area contributed by atoms with Crippen LogP contribution in [0.4, 0.5) is 11.4 Å². The third-order valence-corrected chi connectivity index (χ3v) is 13.2. The van der Waals surface area contributed by atoms with Crippen molar-refractivity contribution < 1.29 is 28.7 Å². The first-order valence-corrected chi connectivity index (χ1v) is 25.8. The van der Waals surface area contributed by atoms with E-state index in [9.17, 15) is 19.2 Å². The van der Waals surface area contributed by atoms with Crippen LogP contribution in [-0.4, -0.2) is 23.8 Å². The molecule has 0 bridgehead atoms. The molecule has 8 heteroatoms. The molecule has 8 nitrogen and oxygen atoms in total. The van der Waals surface area contributed by atoms with Crippen LogP contribution in [0.3, 0.4) is 0 Å². The number of hydrogen-bond donors (Lipinski definition) is 2. The Kier molecular flexibility index (Phi) is 20.0. The number of nitrogens with one attached hydrogen (secondary N) is 2. The summed E-state index contributed by atoms with van der Waals surface area (Å²) in [7, 11) is 0. The summed E-state index contributed by atoms with van der Waals surface area (Å²) in [6.45, 7) is 4.36. The lowest BCUT2D eigenvalue weighted by Crippen LogP contribution is -2.53. The van der Waals surface area contributed by atoms with E-state index in [0.29, 0.717) is 35.7 Å². The van der Waals surface area contributed by atoms with Gasteiger partial charge in [-0.2, -0.15) is 0 Å². The highest BCUT2D eigenvalue weighted by Gasteiger charge is 2.58. The summed E-state index contributed by atoms with van der Waals surface area (Å²) in [4.78, 5) is 55.4. The number of amides is 2. The van der Waals surface area contributed by atoms with Gasteiger partial charge in [-0.3, -0.25) is 19.2 Å². The summed E-state index contributed by atoms with van der Waals surface area (Å²) >= 11 is 0. The third-order valence-electron chi connectivity index (χ3n) is 13.2. The van der Waals surface area contributed by atoms with Crippen LogP contribution in [0.2, 0.25) is 0 Å². The molecular weight excluding hydrogens is 893 g/mol. The Morgan fingerprint density at radius 1 is 0.389 bits per heavy atom. The fourth-order valence-corrected chi connectivity index (χ4v) is 9.27.